The fourth-order valence-corrected chi connectivity index (χ4v) is 2.96. The first-order chi connectivity index (χ1) is 12.1. The number of rotatable bonds is 6. The van der Waals surface area contributed by atoms with Crippen LogP contribution in [0.25, 0.3) is 0 Å². The Kier molecular flexibility index (Phi) is 5.45. The van der Waals surface area contributed by atoms with Crippen LogP contribution >= 0.6 is 11.8 Å². The van der Waals surface area contributed by atoms with Gasteiger partial charge in [-0.2, -0.15) is 0 Å². The number of benzene rings is 1. The minimum absolute atomic E-state index is 0.108. The molecule has 25 heavy (non-hydrogen) atoms. The van der Waals surface area contributed by atoms with Crippen molar-refractivity contribution in [3.63, 3.8) is 0 Å². The van der Waals surface area contributed by atoms with E-state index in [0.29, 0.717) is 11.1 Å². The zero-order chi connectivity index (χ0) is 17.6. The summed E-state index contributed by atoms with van der Waals surface area (Å²) >= 11 is 1.22. The summed E-state index contributed by atoms with van der Waals surface area (Å²) in [5, 5.41) is 11.1. The normalized spacial score (nSPS) is 11.9. The van der Waals surface area contributed by atoms with E-state index in [1.165, 1.54) is 17.3 Å². The molecular formula is C18H18N4O2S. The van der Waals surface area contributed by atoms with Gasteiger partial charge in [-0.1, -0.05) is 41.6 Å². The molecule has 0 bridgehead atoms. The number of nitrogens with one attached hydrogen (secondary N) is 1. The van der Waals surface area contributed by atoms with Gasteiger partial charge in [-0.05, 0) is 30.2 Å². The van der Waals surface area contributed by atoms with E-state index in [4.69, 9.17) is 4.42 Å². The first-order valence-electron chi connectivity index (χ1n) is 7.80. The molecule has 0 aliphatic rings. The van der Waals surface area contributed by atoms with Gasteiger partial charge in [0.1, 0.15) is 0 Å². The zero-order valence-corrected chi connectivity index (χ0v) is 14.8. The van der Waals surface area contributed by atoms with E-state index in [0.717, 1.165) is 11.1 Å². The maximum atomic E-state index is 12.4. The number of pyridine rings is 1. The van der Waals surface area contributed by atoms with E-state index in [1.807, 2.05) is 43.3 Å². The molecule has 3 aromatic rings. The standard InChI is InChI=1S/C18H18N4O2S/c1-12-3-5-14(6-4-12)17(15-7-9-19-10-8-15)20-16(23)11-25-18-22-21-13(2)24-18/h3-10,17H,11H2,1-2H3,(H,20,23)/t17-/m1/s1. The van der Waals surface area contributed by atoms with Gasteiger partial charge in [-0.3, -0.25) is 9.78 Å². The molecule has 0 unspecified atom stereocenters. The Morgan fingerprint density at radius 3 is 2.40 bits per heavy atom. The van der Waals surface area contributed by atoms with Crippen LogP contribution in [-0.4, -0.2) is 26.8 Å². The Morgan fingerprint density at radius 1 is 1.08 bits per heavy atom. The van der Waals surface area contributed by atoms with Crippen molar-refractivity contribution in [3.8, 4) is 0 Å². The van der Waals surface area contributed by atoms with Crippen LogP contribution in [0.2, 0.25) is 0 Å². The molecule has 0 aliphatic carbocycles. The molecule has 2 heterocycles. The Balaban J connectivity index is 1.73. The zero-order valence-electron chi connectivity index (χ0n) is 14.0. The molecule has 1 aromatic carbocycles. The molecule has 3 rings (SSSR count). The van der Waals surface area contributed by atoms with Crippen LogP contribution in [-0.2, 0) is 4.79 Å². The van der Waals surface area contributed by atoms with Gasteiger partial charge < -0.3 is 9.73 Å². The van der Waals surface area contributed by atoms with Crippen LogP contribution in [0.1, 0.15) is 28.6 Å². The number of nitrogens with zero attached hydrogens (tertiary/aromatic N) is 3. The van der Waals surface area contributed by atoms with Crippen LogP contribution in [0.3, 0.4) is 0 Å². The number of hydrogen-bond donors (Lipinski definition) is 1. The first kappa shape index (κ1) is 17.2. The van der Waals surface area contributed by atoms with Gasteiger partial charge in [0, 0.05) is 19.3 Å². The number of hydrogen-bond acceptors (Lipinski definition) is 6. The van der Waals surface area contributed by atoms with E-state index in [-0.39, 0.29) is 17.7 Å². The Bertz CT molecular complexity index is 834. The summed E-state index contributed by atoms with van der Waals surface area (Å²) in [7, 11) is 0. The fourth-order valence-electron chi connectivity index (χ4n) is 2.34. The molecule has 1 atom stereocenters. The highest BCUT2D eigenvalue weighted by Crippen LogP contribution is 2.23. The van der Waals surface area contributed by atoms with Crippen LogP contribution in [0.4, 0.5) is 0 Å². The molecule has 128 valence electrons. The van der Waals surface area contributed by atoms with Crippen molar-refractivity contribution in [2.45, 2.75) is 25.1 Å². The molecule has 0 saturated heterocycles. The second kappa shape index (κ2) is 7.94. The van der Waals surface area contributed by atoms with Gasteiger partial charge in [0.15, 0.2) is 0 Å². The number of aromatic nitrogens is 3. The lowest BCUT2D eigenvalue weighted by Crippen LogP contribution is -2.30. The maximum absolute atomic E-state index is 12.4. The second-order valence-electron chi connectivity index (χ2n) is 5.57. The molecule has 0 fully saturated rings. The third-order valence-corrected chi connectivity index (χ3v) is 4.41. The van der Waals surface area contributed by atoms with Crippen molar-refractivity contribution in [2.75, 3.05) is 5.75 Å². The van der Waals surface area contributed by atoms with Gasteiger partial charge in [0.05, 0.1) is 11.8 Å². The number of carbonyl (C=O) groups excluding carboxylic acids is 1. The number of carbonyl (C=O) groups is 1. The summed E-state index contributed by atoms with van der Waals surface area (Å²) in [5.41, 5.74) is 3.17. The molecule has 1 N–H and O–H groups in total. The Hall–Kier alpha value is -2.67. The van der Waals surface area contributed by atoms with Crippen LogP contribution < -0.4 is 5.32 Å². The number of thioether (sulfide) groups is 1. The van der Waals surface area contributed by atoms with Crippen LogP contribution in [0.5, 0.6) is 0 Å². The molecule has 0 aliphatic heterocycles. The van der Waals surface area contributed by atoms with Gasteiger partial charge >= 0.3 is 0 Å². The van der Waals surface area contributed by atoms with Crippen molar-refractivity contribution >= 4 is 17.7 Å². The lowest BCUT2D eigenvalue weighted by Gasteiger charge is -2.19. The van der Waals surface area contributed by atoms with Crippen molar-refractivity contribution in [2.24, 2.45) is 0 Å². The van der Waals surface area contributed by atoms with Crippen molar-refractivity contribution in [1.29, 1.82) is 0 Å². The molecule has 0 saturated carbocycles. The van der Waals surface area contributed by atoms with Crippen molar-refractivity contribution < 1.29 is 9.21 Å². The van der Waals surface area contributed by atoms with E-state index < -0.39 is 0 Å². The van der Waals surface area contributed by atoms with Crippen LogP contribution in [0.15, 0.2) is 58.4 Å². The number of aryl methyl sites for hydroxylation is 2. The highest BCUT2D eigenvalue weighted by atomic mass is 32.2. The lowest BCUT2D eigenvalue weighted by molar-refractivity contribution is -0.119. The largest absolute Gasteiger partial charge is 0.416 e. The predicted molar refractivity (Wildman–Crippen MR) is 95.2 cm³/mol. The third kappa shape index (κ3) is 4.67. The predicted octanol–water partition coefficient (Wildman–Crippen LogP) is 3.08. The second-order valence-corrected chi connectivity index (χ2v) is 6.49. The Morgan fingerprint density at radius 2 is 1.76 bits per heavy atom. The minimum Gasteiger partial charge on any atom is -0.416 e. The van der Waals surface area contributed by atoms with Crippen molar-refractivity contribution in [3.05, 3.63) is 71.4 Å². The topological polar surface area (TPSA) is 80.9 Å². The van der Waals surface area contributed by atoms with Gasteiger partial charge in [-0.15, -0.1) is 10.2 Å². The average Bonchev–Trinajstić information content (AvgIpc) is 3.05. The fraction of sp³-hybridized carbons (Fsp3) is 0.222. The summed E-state index contributed by atoms with van der Waals surface area (Å²) in [6, 6.07) is 11.7. The third-order valence-electron chi connectivity index (χ3n) is 3.59. The molecule has 0 radical (unpaired) electrons. The SMILES string of the molecule is Cc1ccc([C@@H](NC(=O)CSc2nnc(C)o2)c2ccncc2)cc1. The van der Waals surface area contributed by atoms with Crippen LogP contribution in [0, 0.1) is 13.8 Å². The van der Waals surface area contributed by atoms with E-state index in [2.05, 4.69) is 20.5 Å². The van der Waals surface area contributed by atoms with Gasteiger partial charge in [-0.25, -0.2) is 0 Å². The quantitative estimate of drug-likeness (QED) is 0.685. The summed E-state index contributed by atoms with van der Waals surface area (Å²) in [6.45, 7) is 3.75. The average molecular weight is 354 g/mol. The monoisotopic (exact) mass is 354 g/mol. The molecule has 7 heteroatoms. The molecular weight excluding hydrogens is 336 g/mol. The maximum Gasteiger partial charge on any atom is 0.277 e. The summed E-state index contributed by atoms with van der Waals surface area (Å²) in [6.07, 6.45) is 3.44. The van der Waals surface area contributed by atoms with Crippen molar-refractivity contribution in [1.82, 2.24) is 20.5 Å². The minimum atomic E-state index is -0.235. The van der Waals surface area contributed by atoms with E-state index >= 15 is 0 Å². The van der Waals surface area contributed by atoms with Gasteiger partial charge in [0.25, 0.3) is 5.22 Å². The summed E-state index contributed by atoms with van der Waals surface area (Å²) in [5.74, 6) is 0.579. The van der Waals surface area contributed by atoms with E-state index in [1.54, 1.807) is 19.3 Å². The summed E-state index contributed by atoms with van der Waals surface area (Å²) < 4.78 is 5.27. The lowest BCUT2D eigenvalue weighted by atomic mass is 9.98. The highest BCUT2D eigenvalue weighted by Gasteiger charge is 2.17. The van der Waals surface area contributed by atoms with Gasteiger partial charge in [0.2, 0.25) is 11.8 Å². The first-order valence-corrected chi connectivity index (χ1v) is 8.79. The molecule has 1 amide bonds. The molecule has 2 aromatic heterocycles. The summed E-state index contributed by atoms with van der Waals surface area (Å²) in [4.78, 5) is 16.5. The highest BCUT2D eigenvalue weighted by molar-refractivity contribution is 7.99. The van der Waals surface area contributed by atoms with E-state index in [9.17, 15) is 4.79 Å². The molecule has 0 spiro atoms. The smallest absolute Gasteiger partial charge is 0.277 e. The Labute approximate surface area is 150 Å². The number of amides is 1. The molecule has 6 nitrogen and oxygen atoms in total.